The van der Waals surface area contributed by atoms with E-state index in [9.17, 15) is 4.39 Å². The second-order valence-corrected chi connectivity index (χ2v) is 2.16. The highest BCUT2D eigenvalue weighted by atomic mass is 19.1. The summed E-state index contributed by atoms with van der Waals surface area (Å²) in [6.45, 7) is 8.84. The SMILES string of the molecule is [C-]#[N+]c1ccc(OCC)c(F)c1. The van der Waals surface area contributed by atoms with Crippen molar-refractivity contribution in [2.45, 2.75) is 6.92 Å². The fourth-order valence-corrected chi connectivity index (χ4v) is 0.832. The first-order chi connectivity index (χ1) is 5.77. The molecule has 0 aliphatic heterocycles. The van der Waals surface area contributed by atoms with Gasteiger partial charge in [0, 0.05) is 0 Å². The molecule has 2 nitrogen and oxygen atoms in total. The number of rotatable bonds is 2. The Morgan fingerprint density at radius 2 is 2.33 bits per heavy atom. The Morgan fingerprint density at radius 3 is 2.83 bits per heavy atom. The minimum atomic E-state index is -0.481. The van der Waals surface area contributed by atoms with E-state index in [0.717, 1.165) is 6.07 Å². The zero-order chi connectivity index (χ0) is 8.97. The molecule has 0 radical (unpaired) electrons. The van der Waals surface area contributed by atoms with Crippen molar-refractivity contribution in [2.24, 2.45) is 0 Å². The average molecular weight is 165 g/mol. The van der Waals surface area contributed by atoms with Crippen molar-refractivity contribution in [3.8, 4) is 5.75 Å². The molecule has 1 rings (SSSR count). The van der Waals surface area contributed by atoms with Crippen molar-refractivity contribution in [1.29, 1.82) is 0 Å². The van der Waals surface area contributed by atoms with Gasteiger partial charge < -0.3 is 4.74 Å². The van der Waals surface area contributed by atoms with Crippen LogP contribution in [0.5, 0.6) is 5.75 Å². The summed E-state index contributed by atoms with van der Waals surface area (Å²) in [5, 5.41) is 0. The van der Waals surface area contributed by atoms with Crippen LogP contribution >= 0.6 is 0 Å². The second kappa shape index (κ2) is 3.72. The van der Waals surface area contributed by atoms with E-state index >= 15 is 0 Å². The van der Waals surface area contributed by atoms with Crippen molar-refractivity contribution in [1.82, 2.24) is 0 Å². The molecule has 0 amide bonds. The first-order valence-electron chi connectivity index (χ1n) is 3.57. The molecule has 12 heavy (non-hydrogen) atoms. The Labute approximate surface area is 70.4 Å². The molecule has 0 N–H and O–H groups in total. The summed E-state index contributed by atoms with van der Waals surface area (Å²) in [5.74, 6) is -0.282. The van der Waals surface area contributed by atoms with Crippen molar-refractivity contribution >= 4 is 5.69 Å². The van der Waals surface area contributed by atoms with E-state index in [2.05, 4.69) is 4.85 Å². The Kier molecular flexibility index (Phi) is 2.65. The van der Waals surface area contributed by atoms with Crippen LogP contribution in [-0.2, 0) is 0 Å². The lowest BCUT2D eigenvalue weighted by Gasteiger charge is -2.03. The molecule has 0 saturated heterocycles. The minimum Gasteiger partial charge on any atom is -0.491 e. The number of benzene rings is 1. The molecule has 0 atom stereocenters. The van der Waals surface area contributed by atoms with Crippen LogP contribution in [0.25, 0.3) is 4.85 Å². The monoisotopic (exact) mass is 165 g/mol. The lowest BCUT2D eigenvalue weighted by molar-refractivity contribution is 0.321. The fraction of sp³-hybridized carbons (Fsp3) is 0.222. The van der Waals surface area contributed by atoms with E-state index in [-0.39, 0.29) is 11.4 Å². The van der Waals surface area contributed by atoms with Gasteiger partial charge in [0.15, 0.2) is 17.3 Å². The number of halogens is 1. The molecule has 0 unspecified atom stereocenters. The highest BCUT2D eigenvalue weighted by Crippen LogP contribution is 2.22. The first kappa shape index (κ1) is 8.54. The van der Waals surface area contributed by atoms with E-state index in [4.69, 9.17) is 11.3 Å². The van der Waals surface area contributed by atoms with Crippen LogP contribution in [0.1, 0.15) is 6.92 Å². The predicted molar refractivity (Wildman–Crippen MR) is 43.8 cm³/mol. The van der Waals surface area contributed by atoms with Gasteiger partial charge in [-0.2, -0.15) is 0 Å². The normalized spacial score (nSPS) is 9.08. The summed E-state index contributed by atoms with van der Waals surface area (Å²) in [5.41, 5.74) is 0.288. The van der Waals surface area contributed by atoms with E-state index in [0.29, 0.717) is 6.61 Å². The molecule has 0 fully saturated rings. The highest BCUT2D eigenvalue weighted by Gasteiger charge is 2.02. The second-order valence-electron chi connectivity index (χ2n) is 2.16. The van der Waals surface area contributed by atoms with E-state index in [1.165, 1.54) is 12.1 Å². The van der Waals surface area contributed by atoms with Gasteiger partial charge in [-0.05, 0) is 19.1 Å². The molecular weight excluding hydrogens is 157 g/mol. The van der Waals surface area contributed by atoms with Crippen LogP contribution in [0.15, 0.2) is 18.2 Å². The zero-order valence-corrected chi connectivity index (χ0v) is 6.67. The van der Waals surface area contributed by atoms with Crippen molar-refractivity contribution in [3.05, 3.63) is 35.4 Å². The Balaban J connectivity index is 2.97. The van der Waals surface area contributed by atoms with Crippen LogP contribution in [0.4, 0.5) is 10.1 Å². The summed E-state index contributed by atoms with van der Waals surface area (Å²) in [6, 6.07) is 4.16. The lowest BCUT2D eigenvalue weighted by atomic mass is 10.3. The van der Waals surface area contributed by atoms with Gasteiger partial charge in [-0.3, -0.25) is 0 Å². The summed E-state index contributed by atoms with van der Waals surface area (Å²) < 4.78 is 17.9. The molecule has 1 aromatic rings. The summed E-state index contributed by atoms with van der Waals surface area (Å²) >= 11 is 0. The summed E-state index contributed by atoms with van der Waals surface area (Å²) in [7, 11) is 0. The molecule has 62 valence electrons. The lowest BCUT2D eigenvalue weighted by Crippen LogP contribution is -1.93. The summed E-state index contributed by atoms with van der Waals surface area (Å²) in [4.78, 5) is 3.09. The van der Waals surface area contributed by atoms with Crippen molar-refractivity contribution < 1.29 is 9.13 Å². The maximum atomic E-state index is 13.0. The van der Waals surface area contributed by atoms with E-state index in [1.807, 2.05) is 0 Å². The molecule has 0 saturated carbocycles. The van der Waals surface area contributed by atoms with Gasteiger partial charge in [-0.15, -0.1) is 0 Å². The highest BCUT2D eigenvalue weighted by molar-refractivity contribution is 5.47. The Morgan fingerprint density at radius 1 is 1.58 bits per heavy atom. The Hall–Kier alpha value is -1.56. The van der Waals surface area contributed by atoms with Crippen molar-refractivity contribution in [3.63, 3.8) is 0 Å². The topological polar surface area (TPSA) is 13.6 Å². The van der Waals surface area contributed by atoms with Gasteiger partial charge in [0.2, 0.25) is 0 Å². The van der Waals surface area contributed by atoms with Gasteiger partial charge in [0.25, 0.3) is 0 Å². The van der Waals surface area contributed by atoms with E-state index in [1.54, 1.807) is 6.92 Å². The van der Waals surface area contributed by atoms with Crippen LogP contribution in [0, 0.1) is 12.4 Å². The average Bonchev–Trinajstić information content (AvgIpc) is 2.09. The zero-order valence-electron chi connectivity index (χ0n) is 6.67. The smallest absolute Gasteiger partial charge is 0.190 e. The number of hydrogen-bond donors (Lipinski definition) is 0. The van der Waals surface area contributed by atoms with E-state index < -0.39 is 5.82 Å². The summed E-state index contributed by atoms with van der Waals surface area (Å²) in [6.07, 6.45) is 0. The third-order valence-electron chi connectivity index (χ3n) is 1.34. The fourth-order valence-electron chi connectivity index (χ4n) is 0.832. The maximum absolute atomic E-state index is 13.0. The van der Waals surface area contributed by atoms with Gasteiger partial charge in [0.05, 0.1) is 13.2 Å². The Bertz CT molecular complexity index is 317. The third kappa shape index (κ3) is 1.73. The van der Waals surface area contributed by atoms with Crippen LogP contribution < -0.4 is 4.74 Å². The first-order valence-corrected chi connectivity index (χ1v) is 3.57. The molecule has 1 aromatic carbocycles. The van der Waals surface area contributed by atoms with Crippen LogP contribution in [0.2, 0.25) is 0 Å². The quantitative estimate of drug-likeness (QED) is 0.614. The molecule has 0 aliphatic rings. The number of nitrogens with zero attached hydrogens (tertiary/aromatic N) is 1. The van der Waals surface area contributed by atoms with Gasteiger partial charge in [-0.25, -0.2) is 9.24 Å². The molecular formula is C9H8FNO. The standard InChI is InChI=1S/C9H8FNO/c1-3-12-9-5-4-7(11-2)6-8(9)10/h4-6H,3H2,1H3. The molecule has 3 heteroatoms. The molecule has 0 heterocycles. The largest absolute Gasteiger partial charge is 0.491 e. The maximum Gasteiger partial charge on any atom is 0.190 e. The molecule has 0 aromatic heterocycles. The predicted octanol–water partition coefficient (Wildman–Crippen LogP) is 2.78. The molecule has 0 spiro atoms. The molecule has 0 aliphatic carbocycles. The number of ether oxygens (including phenoxy) is 1. The minimum absolute atomic E-state index is 0.199. The van der Waals surface area contributed by atoms with Gasteiger partial charge in [-0.1, -0.05) is 6.07 Å². The van der Waals surface area contributed by atoms with Crippen LogP contribution in [-0.4, -0.2) is 6.61 Å². The van der Waals surface area contributed by atoms with Gasteiger partial charge >= 0.3 is 0 Å². The third-order valence-corrected chi connectivity index (χ3v) is 1.34. The molecule has 0 bridgehead atoms. The number of hydrogen-bond acceptors (Lipinski definition) is 1. The van der Waals surface area contributed by atoms with Crippen molar-refractivity contribution in [2.75, 3.05) is 6.61 Å². The van der Waals surface area contributed by atoms with Gasteiger partial charge in [0.1, 0.15) is 0 Å². The van der Waals surface area contributed by atoms with Crippen LogP contribution in [0.3, 0.4) is 0 Å².